The minimum absolute atomic E-state index is 0.000903. The van der Waals surface area contributed by atoms with Gasteiger partial charge in [-0.3, -0.25) is 14.1 Å². The maximum absolute atomic E-state index is 15.7. The minimum Gasteiger partial charge on any atom is -0.461 e. The molecule has 0 saturated carbocycles. The zero-order chi connectivity index (χ0) is 40.5. The Kier molecular flexibility index (Phi) is 10.2. The smallest absolute Gasteiger partial charge is 0.419 e. The molecule has 300 valence electrons. The standard InChI is InChI=1S/C37H36F9N7O2S/c1-3-53(20-7-10-51(16-20)33(54)18(2)13-38)32-22-11-24(36(41,42)43)27(21-5-6-25(40)30-26(21)23(14-47)31(48)56-30)28(37(44,45)46)29(22)49-34(50-32)55-17-35-8-4-9-52(35)15-19(39)12-35/h5-6,11,18-20H,3-4,7-10,12-13,15-17,48H2,1-2H3. The lowest BCUT2D eigenvalue weighted by Gasteiger charge is -2.32. The molecule has 4 unspecified atom stereocenters. The molecule has 2 aromatic carbocycles. The van der Waals surface area contributed by atoms with Gasteiger partial charge >= 0.3 is 18.4 Å². The Bertz CT molecular complexity index is 2240. The van der Waals surface area contributed by atoms with Gasteiger partial charge in [-0.1, -0.05) is 13.0 Å². The van der Waals surface area contributed by atoms with Crippen molar-refractivity contribution in [3.8, 4) is 23.2 Å². The number of benzene rings is 2. The predicted molar refractivity (Wildman–Crippen MR) is 191 cm³/mol. The number of nitriles is 1. The number of hydrogen-bond acceptors (Lipinski definition) is 9. The van der Waals surface area contributed by atoms with Crippen LogP contribution in [0.25, 0.3) is 32.1 Å². The number of hydrogen-bond donors (Lipinski definition) is 1. The summed E-state index contributed by atoms with van der Waals surface area (Å²) < 4.78 is 142. The van der Waals surface area contributed by atoms with Crippen LogP contribution >= 0.6 is 11.3 Å². The molecule has 9 nitrogen and oxygen atoms in total. The highest BCUT2D eigenvalue weighted by atomic mass is 32.1. The number of anilines is 2. The number of carbonyl (C=O) groups excluding carboxylic acids is 1. The number of rotatable bonds is 9. The topological polar surface area (TPSA) is 112 Å². The van der Waals surface area contributed by atoms with E-state index in [0.717, 1.165) is 6.07 Å². The van der Waals surface area contributed by atoms with Crippen molar-refractivity contribution in [2.24, 2.45) is 5.92 Å². The molecule has 0 radical (unpaired) electrons. The average molecular weight is 814 g/mol. The molecule has 3 aliphatic heterocycles. The van der Waals surface area contributed by atoms with E-state index >= 15 is 30.7 Å². The van der Waals surface area contributed by atoms with Crippen LogP contribution in [0.15, 0.2) is 18.2 Å². The highest BCUT2D eigenvalue weighted by molar-refractivity contribution is 7.23. The van der Waals surface area contributed by atoms with Crippen LogP contribution in [-0.4, -0.2) is 89.4 Å². The molecule has 5 heterocycles. The number of amides is 1. The number of nitrogens with two attached hydrogens (primary N) is 1. The number of fused-ring (bicyclic) bond motifs is 3. The van der Waals surface area contributed by atoms with Crippen LogP contribution in [0, 0.1) is 23.1 Å². The summed E-state index contributed by atoms with van der Waals surface area (Å²) in [6, 6.07) is 2.38. The molecule has 0 bridgehead atoms. The predicted octanol–water partition coefficient (Wildman–Crippen LogP) is 8.13. The normalized spacial score (nSPS) is 22.2. The SMILES string of the molecule is CCN(c1nc(OCC23CCCN2CC(F)C3)nc2c(C(F)(F)F)c(-c3ccc(F)c4sc(N)c(C#N)c34)c(C(F)(F)F)cc12)C1CCN(C(=O)C(C)CF)C1. The van der Waals surface area contributed by atoms with Crippen molar-refractivity contribution >= 4 is 49.1 Å². The fourth-order valence-electron chi connectivity index (χ4n) is 8.60. The van der Waals surface area contributed by atoms with Gasteiger partial charge in [-0.05, 0) is 50.4 Å². The van der Waals surface area contributed by atoms with Gasteiger partial charge in [0.15, 0.2) is 0 Å². The molecule has 7 rings (SSSR count). The first-order valence-electron chi connectivity index (χ1n) is 18.0. The molecule has 1 amide bonds. The molecule has 0 aliphatic carbocycles. The minimum atomic E-state index is -5.54. The van der Waals surface area contributed by atoms with Crippen molar-refractivity contribution in [2.45, 2.75) is 69.6 Å². The monoisotopic (exact) mass is 813 g/mol. The van der Waals surface area contributed by atoms with Gasteiger partial charge in [-0.15, -0.1) is 11.3 Å². The summed E-state index contributed by atoms with van der Waals surface area (Å²) in [6.45, 7) is 2.72. The van der Waals surface area contributed by atoms with E-state index in [-0.39, 0.29) is 56.4 Å². The van der Waals surface area contributed by atoms with E-state index in [1.54, 1.807) is 13.0 Å². The van der Waals surface area contributed by atoms with Gasteiger partial charge in [0, 0.05) is 55.0 Å². The van der Waals surface area contributed by atoms with E-state index in [9.17, 15) is 18.8 Å². The zero-order valence-electron chi connectivity index (χ0n) is 30.1. The third-order valence-corrected chi connectivity index (χ3v) is 12.2. The van der Waals surface area contributed by atoms with Gasteiger partial charge in [0.25, 0.3) is 0 Å². The Balaban J connectivity index is 1.50. The summed E-state index contributed by atoms with van der Waals surface area (Å²) in [6.07, 6.45) is -10.6. The van der Waals surface area contributed by atoms with Crippen LogP contribution in [0.2, 0.25) is 0 Å². The lowest BCUT2D eigenvalue weighted by Crippen LogP contribution is -2.43. The van der Waals surface area contributed by atoms with Crippen LogP contribution in [0.1, 0.15) is 56.2 Å². The van der Waals surface area contributed by atoms with Crippen LogP contribution in [0.5, 0.6) is 6.01 Å². The van der Waals surface area contributed by atoms with E-state index in [1.165, 1.54) is 16.7 Å². The highest BCUT2D eigenvalue weighted by Gasteiger charge is 2.50. The van der Waals surface area contributed by atoms with Crippen molar-refractivity contribution in [3.05, 3.63) is 40.7 Å². The van der Waals surface area contributed by atoms with E-state index in [2.05, 4.69) is 9.97 Å². The Morgan fingerprint density at radius 3 is 2.59 bits per heavy atom. The number of likely N-dealkylation sites (N-methyl/N-ethyl adjacent to an activating group) is 1. The second kappa shape index (κ2) is 14.4. The van der Waals surface area contributed by atoms with Crippen molar-refractivity contribution in [2.75, 3.05) is 56.6 Å². The molecular formula is C37H36F9N7O2S. The molecule has 56 heavy (non-hydrogen) atoms. The Morgan fingerprint density at radius 2 is 1.93 bits per heavy atom. The van der Waals surface area contributed by atoms with Crippen LogP contribution in [0.4, 0.5) is 50.3 Å². The molecule has 0 spiro atoms. The molecular weight excluding hydrogens is 778 g/mol. The number of carbonyl (C=O) groups is 1. The summed E-state index contributed by atoms with van der Waals surface area (Å²) in [5.41, 5.74) is -2.06. The quantitative estimate of drug-likeness (QED) is 0.169. The molecule has 3 fully saturated rings. The van der Waals surface area contributed by atoms with Gasteiger partial charge in [-0.2, -0.15) is 41.6 Å². The average Bonchev–Trinajstić information content (AvgIpc) is 3.91. The first-order chi connectivity index (χ1) is 26.4. The van der Waals surface area contributed by atoms with Gasteiger partial charge in [0.2, 0.25) is 5.91 Å². The lowest BCUT2D eigenvalue weighted by molar-refractivity contribution is -0.141. The number of halogens is 9. The Labute approximate surface area is 318 Å². The van der Waals surface area contributed by atoms with E-state index in [0.29, 0.717) is 42.9 Å². The molecule has 4 aromatic rings. The van der Waals surface area contributed by atoms with Crippen molar-refractivity contribution in [3.63, 3.8) is 0 Å². The maximum atomic E-state index is 15.7. The van der Waals surface area contributed by atoms with Crippen molar-refractivity contribution in [1.29, 1.82) is 5.26 Å². The third-order valence-electron chi connectivity index (χ3n) is 11.2. The summed E-state index contributed by atoms with van der Waals surface area (Å²) >= 11 is 0.512. The number of nitrogen functional groups attached to an aromatic ring is 1. The Hall–Kier alpha value is -4.57. The van der Waals surface area contributed by atoms with Gasteiger partial charge < -0.3 is 20.3 Å². The second-order valence-corrected chi connectivity index (χ2v) is 15.6. The van der Waals surface area contributed by atoms with Crippen LogP contribution in [0.3, 0.4) is 0 Å². The van der Waals surface area contributed by atoms with Crippen molar-refractivity contribution < 1.29 is 49.0 Å². The number of thiophene rings is 1. The van der Waals surface area contributed by atoms with E-state index < -0.39 is 109 Å². The van der Waals surface area contributed by atoms with Crippen LogP contribution in [-0.2, 0) is 17.1 Å². The number of nitrogens with zero attached hydrogens (tertiary/aromatic N) is 6. The molecule has 4 atom stereocenters. The van der Waals surface area contributed by atoms with E-state index in [1.807, 2.05) is 4.90 Å². The lowest BCUT2D eigenvalue weighted by atomic mass is 9.88. The van der Waals surface area contributed by atoms with E-state index in [4.69, 9.17) is 10.5 Å². The number of alkyl halides is 8. The summed E-state index contributed by atoms with van der Waals surface area (Å²) in [4.78, 5) is 26.2. The zero-order valence-corrected chi connectivity index (χ0v) is 30.9. The number of likely N-dealkylation sites (tertiary alicyclic amines) is 1. The van der Waals surface area contributed by atoms with Crippen molar-refractivity contribution in [1.82, 2.24) is 19.8 Å². The summed E-state index contributed by atoms with van der Waals surface area (Å²) in [5.74, 6) is -2.80. The Morgan fingerprint density at radius 1 is 1.18 bits per heavy atom. The van der Waals surface area contributed by atoms with Gasteiger partial charge in [0.05, 0.1) is 38.4 Å². The number of aromatic nitrogens is 2. The third kappa shape index (κ3) is 6.71. The fourth-order valence-corrected chi connectivity index (χ4v) is 9.55. The molecule has 2 N–H and O–H groups in total. The number of ether oxygens (including phenoxy) is 1. The first-order valence-corrected chi connectivity index (χ1v) is 18.8. The highest BCUT2D eigenvalue weighted by Crippen LogP contribution is 2.52. The summed E-state index contributed by atoms with van der Waals surface area (Å²) in [7, 11) is 0. The van der Waals surface area contributed by atoms with Gasteiger partial charge in [0.1, 0.15) is 42.2 Å². The van der Waals surface area contributed by atoms with Crippen LogP contribution < -0.4 is 15.4 Å². The molecule has 2 aromatic heterocycles. The second-order valence-electron chi connectivity index (χ2n) is 14.6. The largest absolute Gasteiger partial charge is 0.461 e. The summed E-state index contributed by atoms with van der Waals surface area (Å²) in [5, 5.41) is 8.42. The first kappa shape index (κ1) is 39.7. The fraction of sp³-hybridized carbons (Fsp3) is 0.514. The van der Waals surface area contributed by atoms with Gasteiger partial charge in [-0.25, -0.2) is 8.78 Å². The molecule has 19 heteroatoms. The molecule has 3 aliphatic rings. The maximum Gasteiger partial charge on any atom is 0.419 e. The molecule has 3 saturated heterocycles.